The van der Waals surface area contributed by atoms with Crippen LogP contribution in [0.25, 0.3) is 10.9 Å². The van der Waals surface area contributed by atoms with Gasteiger partial charge in [-0.15, -0.1) is 0 Å². The quantitative estimate of drug-likeness (QED) is 0.633. The molecule has 106 valence electrons. The minimum atomic E-state index is -1.00. The van der Waals surface area contributed by atoms with Crippen molar-refractivity contribution in [3.05, 3.63) is 58.6 Å². The predicted molar refractivity (Wildman–Crippen MR) is 76.4 cm³/mol. The predicted octanol–water partition coefficient (Wildman–Crippen LogP) is 2.53. The molecule has 5 nitrogen and oxygen atoms in total. The molecule has 0 bridgehead atoms. The molecule has 0 saturated heterocycles. The summed E-state index contributed by atoms with van der Waals surface area (Å²) >= 11 is 0. The Morgan fingerprint density at radius 2 is 2.00 bits per heavy atom. The van der Waals surface area contributed by atoms with Crippen molar-refractivity contribution >= 4 is 28.0 Å². The van der Waals surface area contributed by atoms with Crippen LogP contribution in [-0.2, 0) is 0 Å². The van der Waals surface area contributed by atoms with E-state index in [1.54, 1.807) is 0 Å². The van der Waals surface area contributed by atoms with Gasteiger partial charge in [0, 0.05) is 0 Å². The molecular weight excluding hydrogens is 278 g/mol. The van der Waals surface area contributed by atoms with E-state index in [0.29, 0.717) is 16.6 Å². The number of nitrogens with two attached hydrogens (primary N) is 1. The second-order valence-corrected chi connectivity index (χ2v) is 4.41. The highest BCUT2D eigenvalue weighted by atomic mass is 19.2. The Labute approximate surface area is 117 Å². The van der Waals surface area contributed by atoms with Crippen molar-refractivity contribution in [1.82, 2.24) is 9.97 Å². The van der Waals surface area contributed by atoms with E-state index in [-0.39, 0.29) is 16.9 Å². The van der Waals surface area contributed by atoms with Gasteiger partial charge in [0.05, 0.1) is 34.3 Å². The number of hydrogen-bond acceptors (Lipinski definition) is 4. The van der Waals surface area contributed by atoms with Crippen LogP contribution in [-0.4, -0.2) is 9.97 Å². The summed E-state index contributed by atoms with van der Waals surface area (Å²) in [6, 6.07) is 6.71. The Hall–Kier alpha value is -2.96. The SMILES string of the molecule is Nc1cc2c(=O)[nH]cnc2cc1Nc1cccc(F)c1F. The van der Waals surface area contributed by atoms with Gasteiger partial charge in [-0.2, -0.15) is 0 Å². The Bertz CT molecular complexity index is 892. The van der Waals surface area contributed by atoms with Crippen molar-refractivity contribution in [3.8, 4) is 0 Å². The smallest absolute Gasteiger partial charge is 0.258 e. The summed E-state index contributed by atoms with van der Waals surface area (Å²) in [6.45, 7) is 0. The van der Waals surface area contributed by atoms with Gasteiger partial charge in [0.15, 0.2) is 11.6 Å². The summed E-state index contributed by atoms with van der Waals surface area (Å²) in [4.78, 5) is 18.1. The zero-order valence-electron chi connectivity index (χ0n) is 10.7. The third-order valence-corrected chi connectivity index (χ3v) is 3.03. The standard InChI is InChI=1S/C14H10F2N4O/c15-8-2-1-3-10(13(8)16)20-12-5-11-7(4-9(12)17)14(21)19-6-18-11/h1-6,20H,17H2,(H,18,19,21). The minimum Gasteiger partial charge on any atom is -0.397 e. The molecule has 0 fully saturated rings. The number of hydrogen-bond donors (Lipinski definition) is 3. The monoisotopic (exact) mass is 288 g/mol. The van der Waals surface area contributed by atoms with Gasteiger partial charge < -0.3 is 16.0 Å². The molecule has 1 heterocycles. The number of benzene rings is 2. The number of H-pyrrole nitrogens is 1. The van der Waals surface area contributed by atoms with Crippen LogP contribution in [0.5, 0.6) is 0 Å². The van der Waals surface area contributed by atoms with Crippen molar-refractivity contribution in [1.29, 1.82) is 0 Å². The van der Waals surface area contributed by atoms with E-state index in [9.17, 15) is 13.6 Å². The summed E-state index contributed by atoms with van der Waals surface area (Å²) in [5.74, 6) is -1.97. The fourth-order valence-corrected chi connectivity index (χ4v) is 1.99. The van der Waals surface area contributed by atoms with Crippen molar-refractivity contribution < 1.29 is 8.78 Å². The third kappa shape index (κ3) is 2.29. The Morgan fingerprint density at radius 3 is 2.81 bits per heavy atom. The van der Waals surface area contributed by atoms with Gasteiger partial charge in [0.2, 0.25) is 0 Å². The molecule has 0 aliphatic carbocycles. The van der Waals surface area contributed by atoms with E-state index in [1.165, 1.54) is 30.6 Å². The first-order valence-electron chi connectivity index (χ1n) is 6.04. The van der Waals surface area contributed by atoms with Gasteiger partial charge in [0.25, 0.3) is 5.56 Å². The molecule has 1 aromatic heterocycles. The van der Waals surface area contributed by atoms with Gasteiger partial charge in [-0.3, -0.25) is 4.79 Å². The fourth-order valence-electron chi connectivity index (χ4n) is 1.99. The summed E-state index contributed by atoms with van der Waals surface area (Å²) in [6.07, 6.45) is 1.26. The number of anilines is 3. The number of nitrogen functional groups attached to an aromatic ring is 1. The van der Waals surface area contributed by atoms with Crippen LogP contribution >= 0.6 is 0 Å². The Kier molecular flexibility index (Phi) is 3.02. The van der Waals surface area contributed by atoms with Crippen LogP contribution in [0.1, 0.15) is 0 Å². The lowest BCUT2D eigenvalue weighted by Crippen LogP contribution is -2.08. The topological polar surface area (TPSA) is 83.8 Å². The van der Waals surface area contributed by atoms with E-state index in [4.69, 9.17) is 5.73 Å². The van der Waals surface area contributed by atoms with Crippen molar-refractivity contribution in [2.45, 2.75) is 0 Å². The number of fused-ring (bicyclic) bond motifs is 1. The van der Waals surface area contributed by atoms with Crippen LogP contribution in [0.15, 0.2) is 41.5 Å². The average Bonchev–Trinajstić information content (AvgIpc) is 2.46. The number of nitrogens with one attached hydrogen (secondary N) is 2. The molecule has 0 radical (unpaired) electrons. The minimum absolute atomic E-state index is 0.0501. The first kappa shape index (κ1) is 13.0. The zero-order chi connectivity index (χ0) is 15.0. The molecule has 4 N–H and O–H groups in total. The number of nitrogens with zero attached hydrogens (tertiary/aromatic N) is 1. The van der Waals surface area contributed by atoms with E-state index >= 15 is 0 Å². The maximum absolute atomic E-state index is 13.6. The summed E-state index contributed by atoms with van der Waals surface area (Å²) in [5, 5.41) is 3.02. The highest BCUT2D eigenvalue weighted by molar-refractivity contribution is 5.89. The second kappa shape index (κ2) is 4.86. The molecule has 0 unspecified atom stereocenters. The average molecular weight is 288 g/mol. The first-order valence-corrected chi connectivity index (χ1v) is 6.04. The molecule has 3 rings (SSSR count). The molecule has 3 aromatic rings. The first-order chi connectivity index (χ1) is 10.1. The van der Waals surface area contributed by atoms with E-state index in [2.05, 4.69) is 15.3 Å². The zero-order valence-corrected chi connectivity index (χ0v) is 10.7. The van der Waals surface area contributed by atoms with Crippen LogP contribution < -0.4 is 16.6 Å². The van der Waals surface area contributed by atoms with Crippen LogP contribution in [0, 0.1) is 11.6 Å². The van der Waals surface area contributed by atoms with E-state index in [1.807, 2.05) is 0 Å². The lowest BCUT2D eigenvalue weighted by atomic mass is 10.2. The van der Waals surface area contributed by atoms with Crippen molar-refractivity contribution in [3.63, 3.8) is 0 Å². The summed E-state index contributed by atoms with van der Waals surface area (Å²) < 4.78 is 26.8. The van der Waals surface area contributed by atoms with Crippen LogP contribution in [0.3, 0.4) is 0 Å². The maximum atomic E-state index is 13.6. The highest BCUT2D eigenvalue weighted by Gasteiger charge is 2.11. The number of aromatic amines is 1. The third-order valence-electron chi connectivity index (χ3n) is 3.03. The van der Waals surface area contributed by atoms with E-state index in [0.717, 1.165) is 6.07 Å². The molecule has 0 saturated carbocycles. The van der Waals surface area contributed by atoms with Crippen molar-refractivity contribution in [2.75, 3.05) is 11.1 Å². The fraction of sp³-hybridized carbons (Fsp3) is 0. The van der Waals surface area contributed by atoms with Crippen LogP contribution in [0.4, 0.5) is 25.8 Å². The number of aromatic nitrogens is 2. The largest absolute Gasteiger partial charge is 0.397 e. The molecule has 2 aromatic carbocycles. The van der Waals surface area contributed by atoms with E-state index < -0.39 is 11.6 Å². The normalized spacial score (nSPS) is 10.8. The second-order valence-electron chi connectivity index (χ2n) is 4.41. The van der Waals surface area contributed by atoms with Gasteiger partial charge in [0.1, 0.15) is 0 Å². The molecule has 0 aliphatic rings. The number of rotatable bonds is 2. The van der Waals surface area contributed by atoms with Gasteiger partial charge in [-0.05, 0) is 24.3 Å². The van der Waals surface area contributed by atoms with Crippen molar-refractivity contribution in [2.24, 2.45) is 0 Å². The highest BCUT2D eigenvalue weighted by Crippen LogP contribution is 2.28. The van der Waals surface area contributed by atoms with Gasteiger partial charge >= 0.3 is 0 Å². The molecule has 0 atom stereocenters. The summed E-state index contributed by atoms with van der Waals surface area (Å²) in [7, 11) is 0. The molecule has 0 spiro atoms. The number of halogens is 2. The van der Waals surface area contributed by atoms with Gasteiger partial charge in [-0.25, -0.2) is 13.8 Å². The molecular formula is C14H10F2N4O. The lowest BCUT2D eigenvalue weighted by molar-refractivity contribution is 0.512. The molecule has 0 amide bonds. The Balaban J connectivity index is 2.11. The molecule has 21 heavy (non-hydrogen) atoms. The van der Waals surface area contributed by atoms with Crippen LogP contribution in [0.2, 0.25) is 0 Å². The maximum Gasteiger partial charge on any atom is 0.258 e. The lowest BCUT2D eigenvalue weighted by Gasteiger charge is -2.11. The molecule has 0 aliphatic heterocycles. The summed E-state index contributed by atoms with van der Waals surface area (Å²) in [5.41, 5.74) is 6.42. The Morgan fingerprint density at radius 1 is 1.19 bits per heavy atom. The molecule has 7 heteroatoms. The van der Waals surface area contributed by atoms with Gasteiger partial charge in [-0.1, -0.05) is 6.07 Å².